The molecule has 1 rings (SSSR count). The molecule has 0 amide bonds. The fourth-order valence-electron chi connectivity index (χ4n) is 1.64. The van der Waals surface area contributed by atoms with Crippen molar-refractivity contribution in [3.63, 3.8) is 0 Å². The maximum absolute atomic E-state index is 6.15. The summed E-state index contributed by atoms with van der Waals surface area (Å²) >= 11 is 6.15. The minimum absolute atomic E-state index is 0.150. The zero-order valence-corrected chi connectivity index (χ0v) is 14.5. The second kappa shape index (κ2) is 8.57. The molecular weight excluding hydrogens is 288 g/mol. The Kier molecular flexibility index (Phi) is 7.43. The van der Waals surface area contributed by atoms with E-state index in [2.05, 4.69) is 24.1 Å². The number of ether oxygens (including phenoxy) is 2. The molecule has 0 spiro atoms. The highest BCUT2D eigenvalue weighted by molar-refractivity contribution is 6.31. The van der Waals surface area contributed by atoms with E-state index < -0.39 is 0 Å². The molecule has 1 heterocycles. The van der Waals surface area contributed by atoms with Crippen molar-refractivity contribution in [2.75, 3.05) is 19.8 Å². The Morgan fingerprint density at radius 3 is 2.57 bits per heavy atom. The number of hydrogen-bond donors (Lipinski definition) is 1. The largest absolute Gasteiger partial charge is 0.475 e. The van der Waals surface area contributed by atoms with E-state index in [0.29, 0.717) is 36.6 Å². The first-order valence-electron chi connectivity index (χ1n) is 7.41. The number of nitrogens with one attached hydrogen (secondary N) is 1. The second-order valence-corrected chi connectivity index (χ2v) is 6.82. The number of aromatic nitrogens is 1. The minimum Gasteiger partial charge on any atom is -0.475 e. The molecule has 5 heteroatoms. The van der Waals surface area contributed by atoms with Crippen LogP contribution in [0, 0.1) is 5.92 Å². The first kappa shape index (κ1) is 18.2. The van der Waals surface area contributed by atoms with Crippen LogP contribution in [0.5, 0.6) is 5.88 Å². The van der Waals surface area contributed by atoms with Crippen LogP contribution in [0.4, 0.5) is 0 Å². The van der Waals surface area contributed by atoms with Gasteiger partial charge in [0.2, 0.25) is 5.88 Å². The van der Waals surface area contributed by atoms with Gasteiger partial charge in [-0.2, -0.15) is 0 Å². The van der Waals surface area contributed by atoms with Crippen LogP contribution in [-0.2, 0) is 11.3 Å². The lowest BCUT2D eigenvalue weighted by Gasteiger charge is -2.19. The van der Waals surface area contributed by atoms with E-state index >= 15 is 0 Å². The number of hydrogen-bond acceptors (Lipinski definition) is 4. The molecule has 1 aromatic rings. The molecule has 1 aromatic heterocycles. The zero-order chi connectivity index (χ0) is 15.9. The van der Waals surface area contributed by atoms with Gasteiger partial charge in [0, 0.05) is 12.6 Å². The van der Waals surface area contributed by atoms with Crippen LogP contribution in [0.3, 0.4) is 0 Å². The number of pyridine rings is 1. The average molecular weight is 315 g/mol. The average Bonchev–Trinajstić information content (AvgIpc) is 2.36. The zero-order valence-electron chi connectivity index (χ0n) is 13.7. The molecule has 0 saturated heterocycles. The van der Waals surface area contributed by atoms with Crippen molar-refractivity contribution >= 4 is 11.6 Å². The van der Waals surface area contributed by atoms with Crippen molar-refractivity contribution < 1.29 is 9.47 Å². The van der Waals surface area contributed by atoms with Gasteiger partial charge in [-0.05, 0) is 39.3 Å². The summed E-state index contributed by atoms with van der Waals surface area (Å²) in [7, 11) is 0. The molecule has 1 N–H and O–H groups in total. The molecule has 21 heavy (non-hydrogen) atoms. The van der Waals surface area contributed by atoms with Gasteiger partial charge in [0.25, 0.3) is 0 Å². The molecule has 0 unspecified atom stereocenters. The molecule has 0 atom stereocenters. The van der Waals surface area contributed by atoms with E-state index in [-0.39, 0.29) is 5.60 Å². The maximum atomic E-state index is 6.15. The topological polar surface area (TPSA) is 43.4 Å². The maximum Gasteiger partial charge on any atom is 0.213 e. The Morgan fingerprint density at radius 1 is 1.24 bits per heavy atom. The normalized spacial score (nSPS) is 12.0. The lowest BCUT2D eigenvalue weighted by atomic mass is 10.2. The predicted octanol–water partition coefficient (Wildman–Crippen LogP) is 3.67. The highest BCUT2D eigenvalue weighted by Gasteiger charge is 2.10. The molecule has 0 radical (unpaired) electrons. The van der Waals surface area contributed by atoms with Gasteiger partial charge in [0.1, 0.15) is 6.61 Å². The van der Waals surface area contributed by atoms with Gasteiger partial charge < -0.3 is 14.8 Å². The highest BCUT2D eigenvalue weighted by Crippen LogP contribution is 2.18. The minimum atomic E-state index is -0.150. The van der Waals surface area contributed by atoms with Gasteiger partial charge in [0.15, 0.2) is 0 Å². The van der Waals surface area contributed by atoms with Gasteiger partial charge >= 0.3 is 0 Å². The third-order valence-corrected chi connectivity index (χ3v) is 2.95. The number of nitrogens with zero attached hydrogens (tertiary/aromatic N) is 1. The highest BCUT2D eigenvalue weighted by atomic mass is 35.5. The predicted molar refractivity (Wildman–Crippen MR) is 87.0 cm³/mol. The van der Waals surface area contributed by atoms with E-state index in [1.807, 2.05) is 26.8 Å². The van der Waals surface area contributed by atoms with Gasteiger partial charge in [0.05, 0.1) is 22.9 Å². The van der Waals surface area contributed by atoms with Crippen molar-refractivity contribution in [2.45, 2.75) is 46.8 Å². The van der Waals surface area contributed by atoms with Crippen LogP contribution in [0.15, 0.2) is 12.1 Å². The third kappa shape index (κ3) is 8.24. The van der Waals surface area contributed by atoms with E-state index in [1.54, 1.807) is 6.07 Å². The van der Waals surface area contributed by atoms with Crippen LogP contribution in [0.2, 0.25) is 5.02 Å². The lowest BCUT2D eigenvalue weighted by molar-refractivity contribution is -0.0168. The number of rotatable bonds is 8. The Bertz CT molecular complexity index is 431. The summed E-state index contributed by atoms with van der Waals surface area (Å²) in [5, 5.41) is 3.99. The van der Waals surface area contributed by atoms with Gasteiger partial charge in [-0.25, -0.2) is 4.98 Å². The molecule has 4 nitrogen and oxygen atoms in total. The van der Waals surface area contributed by atoms with E-state index in [0.717, 1.165) is 12.2 Å². The van der Waals surface area contributed by atoms with E-state index in [4.69, 9.17) is 21.1 Å². The quantitative estimate of drug-likeness (QED) is 0.743. The summed E-state index contributed by atoms with van der Waals surface area (Å²) in [6.07, 6.45) is 0. The molecule has 0 bridgehead atoms. The van der Waals surface area contributed by atoms with Crippen molar-refractivity contribution in [3.05, 3.63) is 22.8 Å². The van der Waals surface area contributed by atoms with Crippen molar-refractivity contribution in [1.82, 2.24) is 10.3 Å². The molecule has 0 aliphatic carbocycles. The number of halogens is 1. The smallest absolute Gasteiger partial charge is 0.213 e. The second-order valence-electron chi connectivity index (χ2n) is 6.41. The van der Waals surface area contributed by atoms with Gasteiger partial charge in [-0.1, -0.05) is 25.4 Å². The summed E-state index contributed by atoms with van der Waals surface area (Å²) in [5.41, 5.74) is 0.662. The van der Waals surface area contributed by atoms with E-state index in [1.165, 1.54) is 0 Å². The summed E-state index contributed by atoms with van der Waals surface area (Å²) in [5.74, 6) is 1.18. The summed E-state index contributed by atoms with van der Waals surface area (Å²) < 4.78 is 11.2. The summed E-state index contributed by atoms with van der Waals surface area (Å²) in [6, 6.07) is 3.60. The van der Waals surface area contributed by atoms with E-state index in [9.17, 15) is 0 Å². The van der Waals surface area contributed by atoms with Crippen LogP contribution in [-0.4, -0.2) is 30.3 Å². The molecular formula is C16H27ClN2O2. The molecule has 120 valence electrons. The van der Waals surface area contributed by atoms with Crippen LogP contribution < -0.4 is 10.1 Å². The van der Waals surface area contributed by atoms with Crippen LogP contribution in [0.25, 0.3) is 0 Å². The summed E-state index contributed by atoms with van der Waals surface area (Å²) in [6.45, 7) is 13.0. The van der Waals surface area contributed by atoms with Crippen molar-refractivity contribution in [1.29, 1.82) is 0 Å². The Hall–Kier alpha value is -0.840. The SMILES string of the molecule is CC(C)CNCc1nc(OCCOC(C)(C)C)ccc1Cl. The lowest BCUT2D eigenvalue weighted by Crippen LogP contribution is -2.23. The Balaban J connectivity index is 2.45. The molecule has 0 saturated carbocycles. The third-order valence-electron chi connectivity index (χ3n) is 2.61. The molecule has 0 aliphatic rings. The fraction of sp³-hybridized carbons (Fsp3) is 0.688. The molecule has 0 aromatic carbocycles. The van der Waals surface area contributed by atoms with Gasteiger partial charge in [-0.15, -0.1) is 0 Å². The standard InChI is InChI=1S/C16H27ClN2O2/c1-12(2)10-18-11-14-13(17)6-7-15(19-14)20-8-9-21-16(3,4)5/h6-7,12,18H,8-11H2,1-5H3. The monoisotopic (exact) mass is 314 g/mol. The van der Waals surface area contributed by atoms with Gasteiger partial charge in [-0.3, -0.25) is 0 Å². The van der Waals surface area contributed by atoms with Crippen molar-refractivity contribution in [3.8, 4) is 5.88 Å². The first-order chi connectivity index (χ1) is 9.78. The van der Waals surface area contributed by atoms with Crippen molar-refractivity contribution in [2.24, 2.45) is 5.92 Å². The van der Waals surface area contributed by atoms with Crippen LogP contribution >= 0.6 is 11.6 Å². The molecule has 0 fully saturated rings. The Labute approximate surface area is 133 Å². The summed E-state index contributed by atoms with van der Waals surface area (Å²) in [4.78, 5) is 4.43. The fourth-order valence-corrected chi connectivity index (χ4v) is 1.81. The first-order valence-corrected chi connectivity index (χ1v) is 7.78. The molecule has 0 aliphatic heterocycles. The Morgan fingerprint density at radius 2 is 1.95 bits per heavy atom. The van der Waals surface area contributed by atoms with Crippen LogP contribution in [0.1, 0.15) is 40.3 Å².